The van der Waals surface area contributed by atoms with E-state index in [1.807, 2.05) is 0 Å². The second-order valence-electron chi connectivity index (χ2n) is 3.72. The molecule has 1 N–H and O–H groups in total. The van der Waals surface area contributed by atoms with E-state index >= 15 is 0 Å². The summed E-state index contributed by atoms with van der Waals surface area (Å²) in [6.45, 7) is 0.302. The van der Waals surface area contributed by atoms with Gasteiger partial charge in [0.05, 0.1) is 10.5 Å². The van der Waals surface area contributed by atoms with Crippen LogP contribution in [0.5, 0.6) is 0 Å². The van der Waals surface area contributed by atoms with Crippen LogP contribution in [0.15, 0.2) is 29.2 Å². The van der Waals surface area contributed by atoms with Gasteiger partial charge in [-0.3, -0.25) is 0 Å². The maximum atomic E-state index is 12.3. The summed E-state index contributed by atoms with van der Waals surface area (Å²) in [5.74, 6) is -0.720. The highest BCUT2D eigenvalue weighted by molar-refractivity contribution is 8.02. The number of hydrogen-bond donors (Lipinski definition) is 1. The topological polar surface area (TPSA) is 119 Å². The Morgan fingerprint density at radius 3 is 2.25 bits per heavy atom. The van der Waals surface area contributed by atoms with Gasteiger partial charge in [0.2, 0.25) is 6.29 Å². The smallest absolute Gasteiger partial charge is 0.385 e. The summed E-state index contributed by atoms with van der Waals surface area (Å²) in [5, 5.41) is 0. The van der Waals surface area contributed by atoms with Gasteiger partial charge in [-0.1, -0.05) is 8.01 Å². The van der Waals surface area contributed by atoms with Crippen LogP contribution in [0.2, 0.25) is 0 Å². The van der Waals surface area contributed by atoms with Crippen LogP contribution in [0.25, 0.3) is 0 Å². The highest BCUT2D eigenvalue weighted by atomic mass is 32.3. The first-order valence-electron chi connectivity index (χ1n) is 5.08. The van der Waals surface area contributed by atoms with Crippen molar-refractivity contribution in [1.82, 2.24) is 4.13 Å². The summed E-state index contributed by atoms with van der Waals surface area (Å²) >= 11 is 0. The SMILES string of the molecule is O=C(OC1CO1)c1ccc(S(=O)(=O)NS(=O)(=O)F)cc1. The van der Waals surface area contributed by atoms with Gasteiger partial charge in [0.25, 0.3) is 10.0 Å². The van der Waals surface area contributed by atoms with Gasteiger partial charge < -0.3 is 9.47 Å². The van der Waals surface area contributed by atoms with E-state index in [1.54, 1.807) is 0 Å². The Morgan fingerprint density at radius 2 is 1.80 bits per heavy atom. The van der Waals surface area contributed by atoms with Crippen LogP contribution >= 0.6 is 0 Å². The lowest BCUT2D eigenvalue weighted by atomic mass is 10.2. The second kappa shape index (κ2) is 5.09. The van der Waals surface area contributed by atoms with Gasteiger partial charge in [-0.15, -0.1) is 0 Å². The fourth-order valence-corrected chi connectivity index (χ4v) is 3.17. The summed E-state index contributed by atoms with van der Waals surface area (Å²) < 4.78 is 66.1. The lowest BCUT2D eigenvalue weighted by Crippen LogP contribution is -2.27. The molecular formula is C9H8FNO7S2. The normalized spacial score (nSPS) is 18.6. The van der Waals surface area contributed by atoms with Crippen molar-refractivity contribution in [1.29, 1.82) is 0 Å². The summed E-state index contributed by atoms with van der Waals surface area (Å²) in [5.41, 5.74) is 0.0440. The van der Waals surface area contributed by atoms with Gasteiger partial charge in [-0.25, -0.2) is 13.2 Å². The molecule has 0 amide bonds. The third-order valence-electron chi connectivity index (χ3n) is 2.15. The summed E-state index contributed by atoms with van der Waals surface area (Å²) in [7, 11) is -9.97. The number of halogens is 1. The van der Waals surface area contributed by atoms with Crippen LogP contribution in [-0.2, 0) is 29.9 Å². The second-order valence-corrected chi connectivity index (χ2v) is 6.74. The summed E-state index contributed by atoms with van der Waals surface area (Å²) in [6, 6.07) is 4.09. The van der Waals surface area contributed by atoms with Crippen molar-refractivity contribution in [2.75, 3.05) is 6.61 Å². The minimum Gasteiger partial charge on any atom is -0.430 e. The molecule has 2 rings (SSSR count). The van der Waals surface area contributed by atoms with Gasteiger partial charge in [-0.2, -0.15) is 8.42 Å². The highest BCUT2D eigenvalue weighted by Gasteiger charge is 2.28. The maximum Gasteiger partial charge on any atom is 0.385 e. The van der Waals surface area contributed by atoms with E-state index in [4.69, 9.17) is 4.74 Å². The van der Waals surface area contributed by atoms with Crippen molar-refractivity contribution in [3.63, 3.8) is 0 Å². The molecule has 20 heavy (non-hydrogen) atoms. The molecule has 11 heteroatoms. The van der Waals surface area contributed by atoms with E-state index < -0.39 is 37.6 Å². The Morgan fingerprint density at radius 1 is 1.25 bits per heavy atom. The van der Waals surface area contributed by atoms with Crippen molar-refractivity contribution in [3.05, 3.63) is 29.8 Å². The zero-order chi connectivity index (χ0) is 15.0. The number of rotatable bonds is 5. The molecule has 1 saturated heterocycles. The van der Waals surface area contributed by atoms with Crippen molar-refractivity contribution in [2.45, 2.75) is 11.2 Å². The molecule has 110 valence electrons. The third kappa shape index (κ3) is 3.96. The molecule has 1 aliphatic rings. The van der Waals surface area contributed by atoms with Crippen LogP contribution in [0, 0.1) is 0 Å². The molecular weight excluding hydrogens is 317 g/mol. The predicted molar refractivity (Wildman–Crippen MR) is 61.9 cm³/mol. The molecule has 0 aromatic heterocycles. The first kappa shape index (κ1) is 14.8. The molecule has 1 fully saturated rings. The molecule has 0 saturated carbocycles. The van der Waals surface area contributed by atoms with Gasteiger partial charge >= 0.3 is 16.4 Å². The molecule has 1 aromatic carbocycles. The van der Waals surface area contributed by atoms with E-state index in [1.165, 1.54) is 0 Å². The van der Waals surface area contributed by atoms with Crippen LogP contribution in [-0.4, -0.2) is 35.7 Å². The van der Waals surface area contributed by atoms with Crippen LogP contribution < -0.4 is 4.13 Å². The average molecular weight is 325 g/mol. The van der Waals surface area contributed by atoms with Gasteiger partial charge in [0.15, 0.2) is 0 Å². The van der Waals surface area contributed by atoms with Gasteiger partial charge in [0.1, 0.15) is 6.61 Å². The predicted octanol–water partition coefficient (Wildman–Crippen LogP) is -0.308. The number of sulfonamides is 1. The van der Waals surface area contributed by atoms with Crippen LogP contribution in [0.3, 0.4) is 0 Å². The van der Waals surface area contributed by atoms with E-state index in [0.717, 1.165) is 28.4 Å². The number of hydrogen-bond acceptors (Lipinski definition) is 7. The highest BCUT2D eigenvalue weighted by Crippen LogP contribution is 2.16. The first-order chi connectivity index (χ1) is 9.17. The molecule has 1 aromatic rings. The number of carbonyl (C=O) groups is 1. The monoisotopic (exact) mass is 325 g/mol. The van der Waals surface area contributed by atoms with E-state index in [-0.39, 0.29) is 5.56 Å². The first-order valence-corrected chi connectivity index (χ1v) is 7.95. The number of benzene rings is 1. The lowest BCUT2D eigenvalue weighted by molar-refractivity contribution is 0.0297. The number of carbonyl (C=O) groups excluding carboxylic acids is 1. The van der Waals surface area contributed by atoms with E-state index in [0.29, 0.717) is 6.61 Å². The number of ether oxygens (including phenoxy) is 2. The zero-order valence-corrected chi connectivity index (χ0v) is 11.3. The maximum absolute atomic E-state index is 12.3. The van der Waals surface area contributed by atoms with Crippen molar-refractivity contribution in [2.24, 2.45) is 0 Å². The van der Waals surface area contributed by atoms with Crippen molar-refractivity contribution in [3.8, 4) is 0 Å². The van der Waals surface area contributed by atoms with Crippen molar-refractivity contribution >= 4 is 26.4 Å². The number of esters is 1. The molecule has 1 unspecified atom stereocenters. The Balaban J connectivity index is 2.16. The van der Waals surface area contributed by atoms with Crippen LogP contribution in [0.1, 0.15) is 10.4 Å². The molecule has 1 heterocycles. The summed E-state index contributed by atoms with van der Waals surface area (Å²) in [6.07, 6.45) is -0.593. The zero-order valence-electron chi connectivity index (χ0n) is 9.65. The molecule has 1 aliphatic heterocycles. The molecule has 0 bridgehead atoms. The Labute approximate surface area is 113 Å². The Hall–Kier alpha value is -1.56. The minimum absolute atomic E-state index is 0.0440. The number of epoxide rings is 1. The average Bonchev–Trinajstić information content (AvgIpc) is 3.10. The fourth-order valence-electron chi connectivity index (χ4n) is 1.24. The van der Waals surface area contributed by atoms with Gasteiger partial charge in [-0.05, 0) is 24.3 Å². The molecule has 1 atom stereocenters. The Bertz CT molecular complexity index is 722. The van der Waals surface area contributed by atoms with Crippen LogP contribution in [0.4, 0.5) is 3.89 Å². The number of nitrogens with one attached hydrogen (secondary N) is 1. The molecule has 0 spiro atoms. The lowest BCUT2D eigenvalue weighted by Gasteiger charge is -2.04. The Kier molecular flexibility index (Phi) is 3.77. The van der Waals surface area contributed by atoms with Gasteiger partial charge in [0, 0.05) is 0 Å². The molecule has 8 nitrogen and oxygen atoms in total. The van der Waals surface area contributed by atoms with Crippen molar-refractivity contribution < 1.29 is 35.0 Å². The largest absolute Gasteiger partial charge is 0.430 e. The summed E-state index contributed by atoms with van der Waals surface area (Å²) in [4.78, 5) is 10.9. The standard InChI is InChI=1S/C9H8FNO7S2/c10-20(15,16)11-19(13,14)7-3-1-6(2-4-7)9(12)18-8-5-17-8/h1-4,8,11H,5H2. The third-order valence-corrected chi connectivity index (χ3v) is 4.72. The minimum atomic E-state index is -5.41. The van der Waals surface area contributed by atoms with E-state index in [2.05, 4.69) is 4.74 Å². The van der Waals surface area contributed by atoms with E-state index in [9.17, 15) is 25.5 Å². The molecule has 0 radical (unpaired) electrons. The fraction of sp³-hybridized carbons (Fsp3) is 0.222. The molecule has 0 aliphatic carbocycles. The quantitative estimate of drug-likeness (QED) is 0.448.